The molecule has 5 aliphatic rings. The summed E-state index contributed by atoms with van der Waals surface area (Å²) in [7, 11) is -83.9. The Hall–Kier alpha value is 5.48. The van der Waals surface area contributed by atoms with Gasteiger partial charge < -0.3 is 97.9 Å². The monoisotopic (exact) mass is 2260 g/mol. The predicted octanol–water partition coefficient (Wildman–Crippen LogP) is 14.7. The molecule has 60 heteroatoms. The van der Waals surface area contributed by atoms with Gasteiger partial charge in [-0.15, -0.1) is 0 Å². The zero-order chi connectivity index (χ0) is 97.3. The lowest BCUT2D eigenvalue weighted by Gasteiger charge is -2.39. The Labute approximate surface area is 764 Å². The second kappa shape index (κ2) is 46.2. The Morgan fingerprint density at radius 1 is 0.317 bits per heavy atom. The van der Waals surface area contributed by atoms with Gasteiger partial charge in [-0.3, -0.25) is 73.0 Å². The maximum Gasteiger partial charge on any atom is 0.204 e. The van der Waals surface area contributed by atoms with Crippen molar-refractivity contribution in [3.8, 4) is 0 Å². The van der Waals surface area contributed by atoms with E-state index in [1.54, 1.807) is 27.7 Å². The van der Waals surface area contributed by atoms with Crippen molar-refractivity contribution in [2.24, 2.45) is 11.8 Å². The van der Waals surface area contributed by atoms with E-state index in [4.69, 9.17) is 47.2 Å². The molecule has 0 amide bonds. The van der Waals surface area contributed by atoms with Gasteiger partial charge in [-0.1, -0.05) is 116 Å². The molecule has 0 radical (unpaired) electrons. The first-order chi connectivity index (χ1) is 56.4. The van der Waals surface area contributed by atoms with Crippen molar-refractivity contribution in [2.45, 2.75) is 250 Å². The van der Waals surface area contributed by atoms with Gasteiger partial charge in [-0.05, 0) is 108 Å². The van der Waals surface area contributed by atoms with Crippen LogP contribution in [0.15, 0.2) is 0 Å². The van der Waals surface area contributed by atoms with Crippen LogP contribution in [0, 0.1) is 11.8 Å². The largest absolute Gasteiger partial charge is 0.365 e. The van der Waals surface area contributed by atoms with Gasteiger partial charge in [0.05, 0.1) is 25.1 Å². The molecular weight excluding hydrogens is 2120 g/mol. The SMILES string of the molecule is CCCP(O)(=S)CC1CCC(P(=O)(O)CC(C)P(O)(=S)CC(C)P(O)(=S)CC(C)C)CP(=O)(O)CCP(=O)(O)C2CCC(CP(=O)(O)C(C)CP1(O)=S)P(=O)(O)CC1CCC(CP(=O)(O)C3CCC(CP1(=O)O)P(=O)(O)CC(C)P(=O)(O)CC1CCC(CP(=O)(O)CCP(=O)(O)C(CC)CCC(C)CP(=O)(O)C(C)CP1(=O)O)P(=O)(O)CCP(=O)(O)C3)P(=O)(O)C2. The van der Waals surface area contributed by atoms with Crippen LogP contribution in [-0.4, -0.2) is 336 Å². The Bertz CT molecular complexity index is 4860. The van der Waals surface area contributed by atoms with Crippen LogP contribution in [0.5, 0.6) is 0 Å². The van der Waals surface area contributed by atoms with E-state index in [0.717, 1.165) is 20.8 Å². The first kappa shape index (κ1) is 122. The molecular formula is C66H144O36P20S4. The number of hydrogen-bond donors (Lipinski definition) is 20. The van der Waals surface area contributed by atoms with E-state index >= 15 is 59.3 Å². The first-order valence-electron chi connectivity index (χ1n) is 42.7. The molecule has 36 nitrogen and oxygen atoms in total. The smallest absolute Gasteiger partial charge is 0.204 e. The Morgan fingerprint density at radius 3 is 0.960 bits per heavy atom. The molecule has 8 bridgehead atoms. The summed E-state index contributed by atoms with van der Waals surface area (Å²) in [6.07, 6.45) is -48.3. The van der Waals surface area contributed by atoms with Gasteiger partial charge >= 0.3 is 0 Å². The summed E-state index contributed by atoms with van der Waals surface area (Å²) in [4.78, 5) is 245. The predicted molar refractivity (Wildman–Crippen MR) is 529 cm³/mol. The maximum absolute atomic E-state index is 15.9. The highest BCUT2D eigenvalue weighted by atomic mass is 32.5. The van der Waals surface area contributed by atoms with E-state index in [2.05, 4.69) is 0 Å². The van der Waals surface area contributed by atoms with E-state index in [9.17, 15) is 112 Å². The van der Waals surface area contributed by atoms with Crippen molar-refractivity contribution < 1.29 is 171 Å². The van der Waals surface area contributed by atoms with E-state index in [0.29, 0.717) is 6.42 Å². The lowest BCUT2D eigenvalue weighted by Crippen LogP contribution is -2.33. The fourth-order valence-corrected chi connectivity index (χ4v) is 85.5. The van der Waals surface area contributed by atoms with Crippen LogP contribution in [0.4, 0.5) is 0 Å². The summed E-state index contributed by atoms with van der Waals surface area (Å²) in [6, 6.07) is 0. The topological polar surface area (TPSA) is 678 Å². The Kier molecular flexibility index (Phi) is 44.8. The van der Waals surface area contributed by atoms with Crippen molar-refractivity contribution in [1.29, 1.82) is 0 Å². The lowest BCUT2D eigenvalue weighted by molar-refractivity contribution is 0.409. The van der Waals surface area contributed by atoms with Crippen molar-refractivity contribution in [1.82, 2.24) is 0 Å². The van der Waals surface area contributed by atoms with Crippen molar-refractivity contribution in [3.05, 3.63) is 0 Å². The van der Waals surface area contributed by atoms with Gasteiger partial charge in [0.15, 0.2) is 0 Å². The zero-order valence-electron chi connectivity index (χ0n) is 73.3. The average Bonchev–Trinajstić information content (AvgIpc) is 0.769. The van der Waals surface area contributed by atoms with E-state index in [1.807, 2.05) is 13.8 Å². The lowest BCUT2D eigenvalue weighted by atomic mass is 10.1. The van der Waals surface area contributed by atoms with Crippen LogP contribution in [0.25, 0.3) is 0 Å². The van der Waals surface area contributed by atoms with Crippen molar-refractivity contribution >= 4 is 190 Å². The van der Waals surface area contributed by atoms with Crippen LogP contribution < -0.4 is 0 Å². The van der Waals surface area contributed by atoms with E-state index in [-0.39, 0.29) is 43.7 Å². The Morgan fingerprint density at radius 2 is 0.603 bits per heavy atom. The van der Waals surface area contributed by atoms with Crippen LogP contribution in [0.2, 0.25) is 0 Å². The summed E-state index contributed by atoms with van der Waals surface area (Å²) in [6.45, 7) is 14.6. The maximum atomic E-state index is 15.9. The van der Waals surface area contributed by atoms with Gasteiger partial charge in [-0.2, -0.15) is 0 Å². The van der Waals surface area contributed by atoms with Crippen LogP contribution in [0.1, 0.15) is 159 Å². The fraction of sp³-hybridized carbons (Fsp3) is 1.00. The summed E-state index contributed by atoms with van der Waals surface area (Å²) in [5.41, 5.74) is -29.2. The molecule has 5 heterocycles. The van der Waals surface area contributed by atoms with E-state index < -0.39 is 433 Å². The molecule has 5 aliphatic heterocycles. The molecule has 0 aromatic heterocycles. The molecule has 0 aromatic rings. The third kappa shape index (κ3) is 36.1. The van der Waals surface area contributed by atoms with Gasteiger partial charge in [0, 0.05) is 232 Å². The molecule has 5 fully saturated rings. The Balaban J connectivity index is 1.78. The highest BCUT2D eigenvalue weighted by Gasteiger charge is 2.56. The number of hydrogen-bond acceptors (Lipinski definition) is 20. The highest BCUT2D eigenvalue weighted by Crippen LogP contribution is 2.74. The molecule has 20 N–H and O–H groups in total. The van der Waals surface area contributed by atoms with Gasteiger partial charge in [-0.25, -0.2) is 0 Å². The molecule has 126 heavy (non-hydrogen) atoms. The molecule has 5 rings (SSSR count). The molecule has 0 aliphatic carbocycles. The summed E-state index contributed by atoms with van der Waals surface area (Å²) >= 11 is 23.0. The second-order valence-electron chi connectivity index (χ2n) is 38.5. The molecule has 37 unspecified atom stereocenters. The number of rotatable bonds is 14. The molecule has 5 saturated heterocycles. The molecule has 748 valence electrons. The van der Waals surface area contributed by atoms with Crippen LogP contribution in [-0.2, 0) is 120 Å². The molecule has 0 saturated carbocycles. The van der Waals surface area contributed by atoms with Gasteiger partial charge in [0.2, 0.25) is 118 Å². The minimum absolute atomic E-state index is 0.0107. The van der Waals surface area contributed by atoms with Crippen LogP contribution >= 0.6 is 143 Å². The van der Waals surface area contributed by atoms with Crippen molar-refractivity contribution in [3.63, 3.8) is 0 Å². The third-order valence-corrected chi connectivity index (χ3v) is 87.1. The summed E-state index contributed by atoms with van der Waals surface area (Å²) in [5, 5.41) is 0. The minimum atomic E-state index is -5.63. The molecule has 0 aromatic carbocycles. The quantitative estimate of drug-likeness (QED) is 0.0718. The average molecular weight is 2260 g/mol. The first-order valence-corrected chi connectivity index (χ1v) is 85.8. The molecule has 37 atom stereocenters. The second-order valence-corrected chi connectivity index (χ2v) is 98.9. The summed E-state index contributed by atoms with van der Waals surface area (Å²) in [5.74, 6) is -0.743. The third-order valence-electron chi connectivity index (χ3n) is 26.9. The van der Waals surface area contributed by atoms with Crippen LogP contribution in [0.3, 0.4) is 0 Å². The standard InChI is InChI=1S/C66H144O36P20S4/c1-11-25-106(73,123)42-66-24-23-58(115(90,91)36-54(9)121(101,125)38-55(10)120(100,124)32-49(3)4)40-104(69,70)28-31-109(78,79)60-17-20-62(44-112(84,85)53(8)37-122(66,102)126)118(96,97)48-65-22-21-64(117(94,95)45-60)47-116(92,93)59-16-19-63(46-119(65,98)99)114(88,89)35-52(7)111(82,83)43-61-18-15-57(108(76,77)30-27-105(71,72)41-59)39-103(67,68)26-29-107(74,75)56(12-2)14-13-50(5)33-110(80,81)51(6)34-113(61,86)87/h49-66H,11-48H2,1-10H3,(H,67,68)(H,69,70)(H,71,72)(H,73,123)(H,74,75)(H,76,77)(H,78,79)(H,80,81)(H,82,83)(H,84,85)(H,86,87)(H,88,89)(H,90,91)(H,92,93)(H,94,95)(H,96,97)(H,98,99)(H,100,124)(H,101,125)(H,102,126). The normalized spacial score (nSPS) is 49.0. The zero-order valence-corrected chi connectivity index (χ0v) is 94.5. The van der Waals surface area contributed by atoms with E-state index in [1.165, 1.54) is 6.92 Å². The highest BCUT2D eigenvalue weighted by molar-refractivity contribution is 8.15. The minimum Gasteiger partial charge on any atom is -0.365 e. The van der Waals surface area contributed by atoms with Gasteiger partial charge in [0.1, 0.15) is 0 Å². The van der Waals surface area contributed by atoms with Crippen molar-refractivity contribution in [2.75, 3.05) is 148 Å². The summed E-state index contributed by atoms with van der Waals surface area (Å²) < 4.78 is 243. The fourth-order valence-electron chi connectivity index (χ4n) is 18.3. The molecule has 0 spiro atoms. The van der Waals surface area contributed by atoms with Gasteiger partial charge in [0.25, 0.3) is 0 Å². The number of fused-ring (bicyclic) bond motifs is 12.